The molecular formula is C23H37IN4O3. The highest BCUT2D eigenvalue weighted by Gasteiger charge is 2.17. The zero-order valence-electron chi connectivity index (χ0n) is 19.3. The number of hydrogen-bond donors (Lipinski definition) is 2. The second kappa shape index (κ2) is 15.1. The molecule has 0 radical (unpaired) electrons. The molecular weight excluding hydrogens is 507 g/mol. The average Bonchev–Trinajstić information content (AvgIpc) is 3.24. The van der Waals surface area contributed by atoms with Gasteiger partial charge in [0.1, 0.15) is 18.1 Å². The van der Waals surface area contributed by atoms with Gasteiger partial charge in [0.2, 0.25) is 0 Å². The first-order valence-corrected chi connectivity index (χ1v) is 10.6. The van der Waals surface area contributed by atoms with E-state index in [1.807, 2.05) is 33.2 Å². The molecule has 0 aliphatic rings. The fourth-order valence-corrected chi connectivity index (χ4v) is 3.00. The van der Waals surface area contributed by atoms with Crippen molar-refractivity contribution < 1.29 is 13.9 Å². The Hall–Kier alpha value is -1.78. The molecule has 7 nitrogen and oxygen atoms in total. The van der Waals surface area contributed by atoms with Crippen molar-refractivity contribution in [1.82, 2.24) is 15.5 Å². The maximum atomic E-state index is 5.94. The van der Waals surface area contributed by atoms with Crippen LogP contribution in [0, 0.1) is 6.92 Å². The van der Waals surface area contributed by atoms with Gasteiger partial charge in [-0.05, 0) is 58.6 Å². The van der Waals surface area contributed by atoms with Crippen LogP contribution in [-0.2, 0) is 11.3 Å². The van der Waals surface area contributed by atoms with Crippen LogP contribution >= 0.6 is 24.0 Å². The predicted molar refractivity (Wildman–Crippen MR) is 137 cm³/mol. The molecule has 1 heterocycles. The van der Waals surface area contributed by atoms with Crippen LogP contribution in [0.2, 0.25) is 0 Å². The molecule has 0 fully saturated rings. The van der Waals surface area contributed by atoms with Crippen molar-refractivity contribution >= 4 is 29.9 Å². The van der Waals surface area contributed by atoms with Crippen LogP contribution < -0.4 is 15.4 Å². The van der Waals surface area contributed by atoms with E-state index < -0.39 is 0 Å². The molecule has 2 N–H and O–H groups in total. The van der Waals surface area contributed by atoms with E-state index in [-0.39, 0.29) is 30.0 Å². The molecule has 0 spiro atoms. The molecule has 31 heavy (non-hydrogen) atoms. The summed E-state index contributed by atoms with van der Waals surface area (Å²) in [7, 11) is 4.08. The van der Waals surface area contributed by atoms with Crippen molar-refractivity contribution in [3.05, 3.63) is 53.5 Å². The number of guanidine groups is 1. The number of nitrogens with zero attached hydrogens (tertiary/aromatic N) is 2. The van der Waals surface area contributed by atoms with Crippen LogP contribution in [0.3, 0.4) is 0 Å². The maximum absolute atomic E-state index is 5.94. The van der Waals surface area contributed by atoms with Gasteiger partial charge in [-0.2, -0.15) is 0 Å². The normalized spacial score (nSPS) is 12.4. The minimum absolute atomic E-state index is 0. The molecule has 2 aromatic rings. The predicted octanol–water partition coefficient (Wildman–Crippen LogP) is 3.98. The Balaban J connectivity index is 0.00000480. The summed E-state index contributed by atoms with van der Waals surface area (Å²) < 4.78 is 16.9. The van der Waals surface area contributed by atoms with Crippen LogP contribution in [0.1, 0.15) is 36.8 Å². The van der Waals surface area contributed by atoms with E-state index in [2.05, 4.69) is 47.6 Å². The first kappa shape index (κ1) is 27.3. The van der Waals surface area contributed by atoms with Crippen LogP contribution in [0.25, 0.3) is 0 Å². The lowest BCUT2D eigenvalue weighted by molar-refractivity contribution is 0.110. The molecule has 1 aromatic carbocycles. The highest BCUT2D eigenvalue weighted by Crippen LogP contribution is 2.21. The summed E-state index contributed by atoms with van der Waals surface area (Å²) in [6, 6.07) is 10.2. The number of aliphatic imine (C=N–C) groups is 1. The summed E-state index contributed by atoms with van der Waals surface area (Å²) in [6.45, 7) is 9.88. The standard InChI is InChI=1S/C23H36N4O3.HI/c1-6-24-23(26-17-20(27(4)5)21-9-8-12-29-21)25-16-19-11-10-18(3)15-22(19)30-14-13-28-7-2;/h8-12,15,20H,6-7,13-14,16-17H2,1-5H3,(H2,24,25,26);1H. The zero-order valence-corrected chi connectivity index (χ0v) is 21.6. The van der Waals surface area contributed by atoms with Gasteiger partial charge < -0.3 is 24.5 Å². The fraction of sp³-hybridized carbons (Fsp3) is 0.522. The molecule has 174 valence electrons. The van der Waals surface area contributed by atoms with Crippen LogP contribution in [-0.4, -0.2) is 57.9 Å². The largest absolute Gasteiger partial charge is 0.491 e. The lowest BCUT2D eigenvalue weighted by Crippen LogP contribution is -2.41. The number of nitrogens with one attached hydrogen (secondary N) is 2. The van der Waals surface area contributed by atoms with E-state index in [0.717, 1.165) is 35.1 Å². The Morgan fingerprint density at radius 1 is 1.16 bits per heavy atom. The van der Waals surface area contributed by atoms with Crippen molar-refractivity contribution in [3.8, 4) is 5.75 Å². The summed E-state index contributed by atoms with van der Waals surface area (Å²) in [4.78, 5) is 6.89. The summed E-state index contributed by atoms with van der Waals surface area (Å²) in [5.41, 5.74) is 2.20. The smallest absolute Gasteiger partial charge is 0.191 e. The van der Waals surface area contributed by atoms with Gasteiger partial charge in [0.05, 0.1) is 25.5 Å². The van der Waals surface area contributed by atoms with Crippen LogP contribution in [0.4, 0.5) is 0 Å². The van der Waals surface area contributed by atoms with Gasteiger partial charge >= 0.3 is 0 Å². The van der Waals surface area contributed by atoms with Gasteiger partial charge in [-0.3, -0.25) is 4.90 Å². The molecule has 8 heteroatoms. The number of hydrogen-bond acceptors (Lipinski definition) is 5. The topological polar surface area (TPSA) is 71.3 Å². The van der Waals surface area contributed by atoms with Gasteiger partial charge in [-0.15, -0.1) is 24.0 Å². The molecule has 0 saturated heterocycles. The average molecular weight is 544 g/mol. The van der Waals surface area contributed by atoms with Gasteiger partial charge in [0, 0.05) is 25.3 Å². The lowest BCUT2D eigenvalue weighted by atomic mass is 10.1. The van der Waals surface area contributed by atoms with Crippen molar-refractivity contribution in [2.75, 3.05) is 47.0 Å². The first-order chi connectivity index (χ1) is 14.5. The third-order valence-corrected chi connectivity index (χ3v) is 4.62. The van der Waals surface area contributed by atoms with Gasteiger partial charge in [-0.25, -0.2) is 4.99 Å². The number of ether oxygens (including phenoxy) is 2. The molecule has 1 unspecified atom stereocenters. The Morgan fingerprint density at radius 2 is 1.97 bits per heavy atom. The van der Waals surface area contributed by atoms with E-state index in [4.69, 9.17) is 18.9 Å². The van der Waals surface area contributed by atoms with Crippen molar-refractivity contribution in [2.45, 2.75) is 33.4 Å². The summed E-state index contributed by atoms with van der Waals surface area (Å²) in [5, 5.41) is 6.74. The van der Waals surface area contributed by atoms with Crippen LogP contribution in [0.15, 0.2) is 46.0 Å². The Bertz CT molecular complexity index is 766. The molecule has 2 rings (SSSR count). The highest BCUT2D eigenvalue weighted by molar-refractivity contribution is 14.0. The number of furan rings is 1. The van der Waals surface area contributed by atoms with Gasteiger partial charge in [-0.1, -0.05) is 12.1 Å². The van der Waals surface area contributed by atoms with E-state index in [1.165, 1.54) is 0 Å². The Kier molecular flexibility index (Phi) is 13.3. The van der Waals surface area contributed by atoms with E-state index >= 15 is 0 Å². The minimum Gasteiger partial charge on any atom is -0.491 e. The maximum Gasteiger partial charge on any atom is 0.191 e. The highest BCUT2D eigenvalue weighted by atomic mass is 127. The summed E-state index contributed by atoms with van der Waals surface area (Å²) in [5.74, 6) is 2.54. The Morgan fingerprint density at radius 3 is 2.61 bits per heavy atom. The molecule has 1 atom stereocenters. The second-order valence-corrected chi connectivity index (χ2v) is 7.23. The van der Waals surface area contributed by atoms with Crippen molar-refractivity contribution in [1.29, 1.82) is 0 Å². The number of benzene rings is 1. The van der Waals surface area contributed by atoms with E-state index in [0.29, 0.717) is 32.9 Å². The SMILES string of the molecule is CCNC(=NCc1ccc(C)cc1OCCOCC)NCC(c1ccco1)N(C)C.I. The lowest BCUT2D eigenvalue weighted by Gasteiger charge is -2.23. The monoisotopic (exact) mass is 544 g/mol. The first-order valence-electron chi connectivity index (χ1n) is 10.6. The third-order valence-electron chi connectivity index (χ3n) is 4.62. The quantitative estimate of drug-likeness (QED) is 0.182. The summed E-state index contributed by atoms with van der Waals surface area (Å²) in [6.07, 6.45) is 1.70. The fourth-order valence-electron chi connectivity index (χ4n) is 3.00. The van der Waals surface area contributed by atoms with E-state index in [9.17, 15) is 0 Å². The number of aryl methyl sites for hydroxylation is 1. The van der Waals surface area contributed by atoms with Crippen LogP contribution in [0.5, 0.6) is 5.75 Å². The molecule has 0 bridgehead atoms. The number of halogens is 1. The summed E-state index contributed by atoms with van der Waals surface area (Å²) >= 11 is 0. The van der Waals surface area contributed by atoms with E-state index in [1.54, 1.807) is 6.26 Å². The Labute approximate surface area is 203 Å². The molecule has 1 aromatic heterocycles. The third kappa shape index (κ3) is 9.49. The minimum atomic E-state index is 0. The van der Waals surface area contributed by atoms with Crippen molar-refractivity contribution in [2.24, 2.45) is 4.99 Å². The number of rotatable bonds is 12. The van der Waals surface area contributed by atoms with Gasteiger partial charge in [0.25, 0.3) is 0 Å². The molecule has 0 saturated carbocycles. The number of likely N-dealkylation sites (N-methyl/N-ethyl adjacent to an activating group) is 1. The van der Waals surface area contributed by atoms with Gasteiger partial charge in [0.15, 0.2) is 5.96 Å². The second-order valence-electron chi connectivity index (χ2n) is 7.23. The molecule has 0 aliphatic carbocycles. The van der Waals surface area contributed by atoms with Crippen molar-refractivity contribution in [3.63, 3.8) is 0 Å². The molecule has 0 amide bonds. The zero-order chi connectivity index (χ0) is 21.8. The molecule has 0 aliphatic heterocycles.